The molecule has 19 heavy (non-hydrogen) atoms. The molecule has 0 bridgehead atoms. The van der Waals surface area contributed by atoms with Crippen LogP contribution in [0.4, 0.5) is 0 Å². The van der Waals surface area contributed by atoms with Crippen molar-refractivity contribution in [2.24, 2.45) is 16.5 Å². The van der Waals surface area contributed by atoms with Crippen molar-refractivity contribution in [3.05, 3.63) is 0 Å². The average molecular weight is 265 g/mol. The average Bonchev–Trinajstić information content (AvgIpc) is 2.43. The first kappa shape index (κ1) is 16.0. The highest BCUT2D eigenvalue weighted by Gasteiger charge is 2.24. The summed E-state index contributed by atoms with van der Waals surface area (Å²) in [5.74, 6) is 0.411. The van der Waals surface area contributed by atoms with Gasteiger partial charge in [-0.15, -0.1) is 0 Å². The monoisotopic (exact) mass is 265 g/mol. The van der Waals surface area contributed by atoms with E-state index in [0.29, 0.717) is 5.92 Å². The maximum absolute atomic E-state index is 8.97. The molecule has 0 aromatic carbocycles. The summed E-state index contributed by atoms with van der Waals surface area (Å²) in [4.78, 5) is 2.46. The zero-order valence-electron chi connectivity index (χ0n) is 12.5. The Morgan fingerprint density at radius 2 is 2.21 bits per heavy atom. The van der Waals surface area contributed by atoms with Crippen LogP contribution < -0.4 is 0 Å². The summed E-state index contributed by atoms with van der Waals surface area (Å²) in [7, 11) is 0. The van der Waals surface area contributed by atoms with Crippen LogP contribution in [0.25, 0.3) is 0 Å². The number of nitriles is 1. The van der Waals surface area contributed by atoms with Gasteiger partial charge in [0, 0.05) is 25.4 Å². The standard InChI is InChI=1S/C15H27N3O/c1-4-13-11-18(10-7-14(13)17-19)9-6-5-8-15(2,3)12-16/h13,19H,4-11H2,1-3H3. The van der Waals surface area contributed by atoms with E-state index in [2.05, 4.69) is 23.0 Å². The quantitative estimate of drug-likeness (QED) is 0.455. The Balaban J connectivity index is 2.27. The largest absolute Gasteiger partial charge is 0.411 e. The van der Waals surface area contributed by atoms with Gasteiger partial charge in [0.25, 0.3) is 0 Å². The van der Waals surface area contributed by atoms with E-state index in [9.17, 15) is 0 Å². The first-order valence-electron chi connectivity index (χ1n) is 7.37. The molecule has 0 aromatic heterocycles. The molecule has 1 saturated heterocycles. The van der Waals surface area contributed by atoms with Gasteiger partial charge in [0.15, 0.2) is 0 Å². The minimum absolute atomic E-state index is 0.190. The van der Waals surface area contributed by atoms with E-state index >= 15 is 0 Å². The fourth-order valence-electron chi connectivity index (χ4n) is 2.64. The summed E-state index contributed by atoms with van der Waals surface area (Å²) in [5, 5.41) is 21.3. The van der Waals surface area contributed by atoms with Gasteiger partial charge < -0.3 is 10.1 Å². The Kier molecular flexibility index (Phi) is 6.30. The highest BCUT2D eigenvalue weighted by molar-refractivity contribution is 5.87. The van der Waals surface area contributed by atoms with E-state index in [1.807, 2.05) is 13.8 Å². The number of likely N-dealkylation sites (tertiary alicyclic amines) is 1. The normalized spacial score (nSPS) is 23.5. The molecule has 1 N–H and O–H groups in total. The first-order valence-corrected chi connectivity index (χ1v) is 7.37. The summed E-state index contributed by atoms with van der Waals surface area (Å²) < 4.78 is 0. The molecule has 1 rings (SSSR count). The van der Waals surface area contributed by atoms with Crippen molar-refractivity contribution in [3.8, 4) is 6.07 Å². The van der Waals surface area contributed by atoms with Crippen LogP contribution in [-0.2, 0) is 0 Å². The van der Waals surface area contributed by atoms with Gasteiger partial charge in [0.1, 0.15) is 0 Å². The predicted octanol–water partition coefficient (Wildman–Crippen LogP) is 3.27. The molecule has 108 valence electrons. The van der Waals surface area contributed by atoms with E-state index in [4.69, 9.17) is 10.5 Å². The molecule has 1 unspecified atom stereocenters. The van der Waals surface area contributed by atoms with Gasteiger partial charge in [-0.1, -0.05) is 18.5 Å². The second-order valence-corrected chi connectivity index (χ2v) is 6.20. The highest BCUT2D eigenvalue weighted by atomic mass is 16.4. The zero-order chi connectivity index (χ0) is 14.3. The van der Waals surface area contributed by atoms with E-state index in [0.717, 1.165) is 57.5 Å². The maximum Gasteiger partial charge on any atom is 0.0683 e. The third kappa shape index (κ3) is 5.20. The Morgan fingerprint density at radius 3 is 2.79 bits per heavy atom. The van der Waals surface area contributed by atoms with Gasteiger partial charge in [-0.25, -0.2) is 0 Å². The second-order valence-electron chi connectivity index (χ2n) is 6.20. The highest BCUT2D eigenvalue weighted by Crippen LogP contribution is 2.22. The maximum atomic E-state index is 8.97. The van der Waals surface area contributed by atoms with Crippen molar-refractivity contribution in [3.63, 3.8) is 0 Å². The number of rotatable bonds is 6. The van der Waals surface area contributed by atoms with Gasteiger partial charge in [0.2, 0.25) is 0 Å². The van der Waals surface area contributed by atoms with E-state index < -0.39 is 0 Å². The number of nitrogens with zero attached hydrogens (tertiary/aromatic N) is 3. The van der Waals surface area contributed by atoms with Crippen LogP contribution in [0.3, 0.4) is 0 Å². The Labute approximate surface area is 117 Å². The SMILES string of the molecule is CCC1CN(CCCCC(C)(C)C#N)CCC1=NO. The number of piperidine rings is 1. The van der Waals surface area contributed by atoms with E-state index in [1.165, 1.54) is 0 Å². The Hall–Kier alpha value is -1.08. The molecule has 4 nitrogen and oxygen atoms in total. The first-order chi connectivity index (χ1) is 9.02. The van der Waals surface area contributed by atoms with Crippen molar-refractivity contribution in [1.29, 1.82) is 5.26 Å². The molecule has 0 radical (unpaired) electrons. The topological polar surface area (TPSA) is 59.6 Å². The number of hydrogen-bond donors (Lipinski definition) is 1. The lowest BCUT2D eigenvalue weighted by molar-refractivity contribution is 0.221. The molecule has 0 amide bonds. The van der Waals surface area contributed by atoms with Crippen LogP contribution in [0, 0.1) is 22.7 Å². The molecule has 1 fully saturated rings. The molecule has 1 heterocycles. The van der Waals surface area contributed by atoms with Crippen LogP contribution in [0.15, 0.2) is 5.16 Å². The van der Waals surface area contributed by atoms with Crippen LogP contribution >= 0.6 is 0 Å². The lowest BCUT2D eigenvalue weighted by Crippen LogP contribution is -2.41. The van der Waals surface area contributed by atoms with E-state index in [-0.39, 0.29) is 5.41 Å². The van der Waals surface area contributed by atoms with Crippen LogP contribution in [0.2, 0.25) is 0 Å². The summed E-state index contributed by atoms with van der Waals surface area (Å²) in [5.41, 5.74) is 0.772. The molecule has 1 aliphatic heterocycles. The lowest BCUT2D eigenvalue weighted by atomic mass is 9.89. The molecule has 1 atom stereocenters. The van der Waals surface area contributed by atoms with Crippen LogP contribution in [-0.4, -0.2) is 35.5 Å². The fraction of sp³-hybridized carbons (Fsp3) is 0.867. The minimum atomic E-state index is -0.190. The number of hydrogen-bond acceptors (Lipinski definition) is 4. The number of unbranched alkanes of at least 4 members (excludes halogenated alkanes) is 1. The summed E-state index contributed by atoms with van der Waals surface area (Å²) >= 11 is 0. The summed E-state index contributed by atoms with van der Waals surface area (Å²) in [6.45, 7) is 9.26. The lowest BCUT2D eigenvalue weighted by Gasteiger charge is -2.32. The molecule has 0 aliphatic carbocycles. The Morgan fingerprint density at radius 1 is 1.47 bits per heavy atom. The van der Waals surface area contributed by atoms with Gasteiger partial charge in [-0.3, -0.25) is 0 Å². The smallest absolute Gasteiger partial charge is 0.0683 e. The third-order valence-corrected chi connectivity index (χ3v) is 4.08. The minimum Gasteiger partial charge on any atom is -0.411 e. The zero-order valence-corrected chi connectivity index (χ0v) is 12.5. The summed E-state index contributed by atoms with van der Waals surface area (Å²) in [6.07, 6.45) is 5.15. The van der Waals surface area contributed by atoms with Gasteiger partial charge in [-0.2, -0.15) is 5.26 Å². The van der Waals surface area contributed by atoms with Crippen molar-refractivity contribution in [2.75, 3.05) is 19.6 Å². The van der Waals surface area contributed by atoms with Crippen molar-refractivity contribution < 1.29 is 5.21 Å². The Bertz CT molecular complexity index is 344. The molecular weight excluding hydrogens is 238 g/mol. The van der Waals surface area contributed by atoms with Crippen LogP contribution in [0.1, 0.15) is 52.9 Å². The molecule has 0 aromatic rings. The van der Waals surface area contributed by atoms with Crippen molar-refractivity contribution >= 4 is 5.71 Å². The molecule has 4 heteroatoms. The van der Waals surface area contributed by atoms with Gasteiger partial charge in [0.05, 0.1) is 17.2 Å². The molecule has 1 aliphatic rings. The van der Waals surface area contributed by atoms with Crippen molar-refractivity contribution in [2.45, 2.75) is 52.9 Å². The second kappa shape index (κ2) is 7.49. The summed E-state index contributed by atoms with van der Waals surface area (Å²) in [6, 6.07) is 2.35. The van der Waals surface area contributed by atoms with E-state index in [1.54, 1.807) is 0 Å². The molecular formula is C15H27N3O. The molecule has 0 spiro atoms. The predicted molar refractivity (Wildman–Crippen MR) is 77.3 cm³/mol. The van der Waals surface area contributed by atoms with Gasteiger partial charge in [-0.05, 0) is 39.7 Å². The molecule has 0 saturated carbocycles. The fourth-order valence-corrected chi connectivity index (χ4v) is 2.64. The number of oxime groups is 1. The third-order valence-electron chi connectivity index (χ3n) is 4.08. The van der Waals surface area contributed by atoms with Crippen molar-refractivity contribution in [1.82, 2.24) is 4.90 Å². The van der Waals surface area contributed by atoms with Gasteiger partial charge >= 0.3 is 0 Å². The van der Waals surface area contributed by atoms with Crippen LogP contribution in [0.5, 0.6) is 0 Å².